The average molecular weight is 494 g/mol. The largest absolute Gasteiger partial charge is 0.324 e. The molecule has 1 aliphatic heterocycles. The van der Waals surface area contributed by atoms with E-state index in [-0.39, 0.29) is 12.5 Å². The number of nitrogens with one attached hydrogen (secondary N) is 1. The minimum Gasteiger partial charge on any atom is -0.324 e. The first kappa shape index (κ1) is 20.5. The molecule has 4 rings (SSSR count). The van der Waals surface area contributed by atoms with Gasteiger partial charge in [0.05, 0.1) is 20.9 Å². The molecule has 9 heteroatoms. The summed E-state index contributed by atoms with van der Waals surface area (Å²) in [6.45, 7) is 2.52. The molecular formula is C20H20BrN3O3S2. The van der Waals surface area contributed by atoms with Crippen molar-refractivity contribution in [2.75, 3.05) is 18.4 Å². The standard InChI is InChI=1S/C20H20BrN3O3S2/c1-13-7-8-14-4-2-6-16(19(14)22-13)23-20(25)15-5-3-11-24(12-15)29(26,27)18-10-9-17(21)28-18/h2,4,6-10,15H,3,5,11-12H2,1H3,(H,23,25). The van der Waals surface area contributed by atoms with Crippen LogP contribution in [0.2, 0.25) is 0 Å². The Balaban J connectivity index is 1.53. The van der Waals surface area contributed by atoms with E-state index in [0.29, 0.717) is 29.3 Å². The number of anilines is 1. The highest BCUT2D eigenvalue weighted by molar-refractivity contribution is 9.11. The lowest BCUT2D eigenvalue weighted by molar-refractivity contribution is -0.120. The number of aromatic nitrogens is 1. The Morgan fingerprint density at radius 3 is 2.83 bits per heavy atom. The summed E-state index contributed by atoms with van der Waals surface area (Å²) < 4.78 is 28.3. The van der Waals surface area contributed by atoms with Crippen LogP contribution in [0.3, 0.4) is 0 Å². The molecule has 0 spiro atoms. The zero-order valence-corrected chi connectivity index (χ0v) is 19.0. The van der Waals surface area contributed by atoms with Crippen molar-refractivity contribution in [3.8, 4) is 0 Å². The molecule has 1 fully saturated rings. The van der Waals surface area contributed by atoms with Crippen molar-refractivity contribution < 1.29 is 13.2 Å². The van der Waals surface area contributed by atoms with Crippen molar-refractivity contribution in [3.63, 3.8) is 0 Å². The van der Waals surface area contributed by atoms with Gasteiger partial charge in [-0.05, 0) is 60.0 Å². The Morgan fingerprint density at radius 1 is 1.24 bits per heavy atom. The van der Waals surface area contributed by atoms with Gasteiger partial charge < -0.3 is 5.32 Å². The van der Waals surface area contributed by atoms with Crippen LogP contribution in [0.15, 0.2) is 50.5 Å². The molecule has 1 atom stereocenters. The van der Waals surface area contributed by atoms with Gasteiger partial charge in [-0.25, -0.2) is 8.42 Å². The fourth-order valence-electron chi connectivity index (χ4n) is 3.52. The maximum Gasteiger partial charge on any atom is 0.252 e. The van der Waals surface area contributed by atoms with Gasteiger partial charge in [0.2, 0.25) is 5.91 Å². The topological polar surface area (TPSA) is 79.4 Å². The number of nitrogens with zero attached hydrogens (tertiary/aromatic N) is 2. The van der Waals surface area contributed by atoms with Gasteiger partial charge in [0.15, 0.2) is 0 Å². The number of amides is 1. The van der Waals surface area contributed by atoms with Crippen molar-refractivity contribution in [1.82, 2.24) is 9.29 Å². The maximum absolute atomic E-state index is 12.9. The molecule has 1 unspecified atom stereocenters. The number of pyridine rings is 1. The minimum absolute atomic E-state index is 0.173. The first-order valence-electron chi connectivity index (χ1n) is 9.27. The molecule has 2 aromatic heterocycles. The van der Waals surface area contributed by atoms with Gasteiger partial charge in [0, 0.05) is 24.2 Å². The van der Waals surface area contributed by atoms with Gasteiger partial charge in [-0.1, -0.05) is 18.2 Å². The number of carbonyl (C=O) groups excluding carboxylic acids is 1. The van der Waals surface area contributed by atoms with Crippen LogP contribution < -0.4 is 5.32 Å². The highest BCUT2D eigenvalue weighted by Crippen LogP contribution is 2.31. The highest BCUT2D eigenvalue weighted by atomic mass is 79.9. The van der Waals surface area contributed by atoms with E-state index >= 15 is 0 Å². The fourth-order valence-corrected chi connectivity index (χ4v) is 7.21. The quantitative estimate of drug-likeness (QED) is 0.583. The molecule has 3 aromatic rings. The summed E-state index contributed by atoms with van der Waals surface area (Å²) in [5, 5.41) is 3.92. The average Bonchev–Trinajstić information content (AvgIpc) is 3.16. The lowest BCUT2D eigenvalue weighted by Gasteiger charge is -2.30. The fraction of sp³-hybridized carbons (Fsp3) is 0.300. The van der Waals surface area contributed by atoms with E-state index in [1.54, 1.807) is 12.1 Å². The summed E-state index contributed by atoms with van der Waals surface area (Å²) in [5.41, 5.74) is 2.26. The zero-order chi connectivity index (χ0) is 20.6. The number of hydrogen-bond acceptors (Lipinski definition) is 5. The molecule has 1 saturated heterocycles. The van der Waals surface area contributed by atoms with Crippen LogP contribution in [0.25, 0.3) is 10.9 Å². The number of rotatable bonds is 4. The third-order valence-corrected chi connectivity index (χ3v) is 8.97. The smallest absolute Gasteiger partial charge is 0.252 e. The summed E-state index contributed by atoms with van der Waals surface area (Å²) in [6, 6.07) is 12.9. The van der Waals surface area contributed by atoms with E-state index in [0.717, 1.165) is 20.4 Å². The lowest BCUT2D eigenvalue weighted by Crippen LogP contribution is -2.43. The van der Waals surface area contributed by atoms with Gasteiger partial charge in [-0.3, -0.25) is 9.78 Å². The third-order valence-electron chi connectivity index (χ3n) is 5.01. The Kier molecular flexibility index (Phi) is 5.74. The molecule has 3 heterocycles. The van der Waals surface area contributed by atoms with Gasteiger partial charge in [0.1, 0.15) is 4.21 Å². The lowest BCUT2D eigenvalue weighted by atomic mass is 9.98. The van der Waals surface area contributed by atoms with Crippen LogP contribution >= 0.6 is 27.3 Å². The van der Waals surface area contributed by atoms with Crippen molar-refractivity contribution in [2.45, 2.75) is 24.0 Å². The maximum atomic E-state index is 12.9. The second kappa shape index (κ2) is 8.14. The number of fused-ring (bicyclic) bond motifs is 1. The minimum atomic E-state index is -3.59. The molecule has 6 nitrogen and oxygen atoms in total. The molecule has 0 aliphatic carbocycles. The molecule has 0 radical (unpaired) electrons. The molecule has 152 valence electrons. The molecule has 1 aliphatic rings. The number of carbonyl (C=O) groups is 1. The summed E-state index contributed by atoms with van der Waals surface area (Å²) in [6.07, 6.45) is 1.31. The Bertz CT molecular complexity index is 1180. The van der Waals surface area contributed by atoms with E-state index in [1.807, 2.05) is 37.3 Å². The Hall–Kier alpha value is -1.81. The van der Waals surface area contributed by atoms with Crippen LogP contribution in [-0.4, -0.2) is 36.7 Å². The van der Waals surface area contributed by atoms with E-state index < -0.39 is 15.9 Å². The van der Waals surface area contributed by atoms with Crippen molar-refractivity contribution in [1.29, 1.82) is 0 Å². The molecular weight excluding hydrogens is 474 g/mol. The van der Waals surface area contributed by atoms with Crippen LogP contribution in [0, 0.1) is 12.8 Å². The number of thiophene rings is 1. The van der Waals surface area contributed by atoms with E-state index in [4.69, 9.17) is 0 Å². The molecule has 1 amide bonds. The van der Waals surface area contributed by atoms with Gasteiger partial charge in [0.25, 0.3) is 10.0 Å². The zero-order valence-electron chi connectivity index (χ0n) is 15.8. The van der Waals surface area contributed by atoms with E-state index in [2.05, 4.69) is 26.2 Å². The van der Waals surface area contributed by atoms with Gasteiger partial charge in [-0.2, -0.15) is 4.31 Å². The van der Waals surface area contributed by atoms with Crippen molar-refractivity contribution in [3.05, 3.63) is 51.9 Å². The molecule has 1 aromatic carbocycles. The second-order valence-electron chi connectivity index (χ2n) is 7.08. The molecule has 1 N–H and O–H groups in total. The number of hydrogen-bond donors (Lipinski definition) is 1. The summed E-state index contributed by atoms with van der Waals surface area (Å²) in [5.74, 6) is -0.574. The molecule has 29 heavy (non-hydrogen) atoms. The van der Waals surface area contributed by atoms with E-state index in [9.17, 15) is 13.2 Å². The second-order valence-corrected chi connectivity index (χ2v) is 11.7. The first-order valence-corrected chi connectivity index (χ1v) is 12.3. The van der Waals surface area contributed by atoms with Crippen LogP contribution in [0.5, 0.6) is 0 Å². The summed E-state index contributed by atoms with van der Waals surface area (Å²) in [7, 11) is -3.59. The normalized spacial score (nSPS) is 18.1. The third kappa shape index (κ3) is 4.23. The number of para-hydroxylation sites is 1. The monoisotopic (exact) mass is 493 g/mol. The van der Waals surface area contributed by atoms with Crippen LogP contribution in [-0.2, 0) is 14.8 Å². The number of piperidine rings is 1. The molecule has 0 saturated carbocycles. The van der Waals surface area contributed by atoms with Gasteiger partial charge >= 0.3 is 0 Å². The SMILES string of the molecule is Cc1ccc2cccc(NC(=O)C3CCCN(S(=O)(=O)c4ccc(Br)s4)C3)c2n1. The highest BCUT2D eigenvalue weighted by Gasteiger charge is 2.34. The predicted octanol–water partition coefficient (Wildman–Crippen LogP) is 4.41. The number of aryl methyl sites for hydroxylation is 1. The number of sulfonamides is 1. The summed E-state index contributed by atoms with van der Waals surface area (Å²) >= 11 is 4.49. The number of halogens is 1. The predicted molar refractivity (Wildman–Crippen MR) is 119 cm³/mol. The first-order chi connectivity index (χ1) is 13.8. The van der Waals surface area contributed by atoms with Crippen LogP contribution in [0.1, 0.15) is 18.5 Å². The Labute approximate surface area is 182 Å². The summed E-state index contributed by atoms with van der Waals surface area (Å²) in [4.78, 5) is 17.5. The Morgan fingerprint density at radius 2 is 2.07 bits per heavy atom. The van der Waals surface area contributed by atoms with Crippen LogP contribution in [0.4, 0.5) is 5.69 Å². The number of benzene rings is 1. The van der Waals surface area contributed by atoms with Crippen molar-refractivity contribution in [2.24, 2.45) is 5.92 Å². The van der Waals surface area contributed by atoms with Gasteiger partial charge in [-0.15, -0.1) is 11.3 Å². The van der Waals surface area contributed by atoms with Crippen molar-refractivity contribution >= 4 is 59.8 Å². The van der Waals surface area contributed by atoms with E-state index in [1.165, 1.54) is 15.6 Å². The molecule has 0 bridgehead atoms.